The monoisotopic (exact) mass is 261 g/mol. The van der Waals surface area contributed by atoms with E-state index >= 15 is 0 Å². The summed E-state index contributed by atoms with van der Waals surface area (Å²) in [5, 5.41) is 3.14. The normalized spacial score (nSPS) is 9.84. The Morgan fingerprint density at radius 3 is 2.16 bits per heavy atom. The van der Waals surface area contributed by atoms with Gasteiger partial charge < -0.3 is 19.5 Å². The molecule has 0 saturated carbocycles. The van der Waals surface area contributed by atoms with Crippen LogP contribution < -0.4 is 19.5 Å². The number of nitrogens with one attached hydrogen (secondary N) is 1. The molecule has 19 heavy (non-hydrogen) atoms. The number of aromatic nitrogens is 2. The second-order valence-corrected chi connectivity index (χ2v) is 3.63. The van der Waals surface area contributed by atoms with Crippen LogP contribution in [0.4, 0.5) is 11.5 Å². The molecular formula is C13H15N3O3. The second-order valence-electron chi connectivity index (χ2n) is 3.63. The highest BCUT2D eigenvalue weighted by molar-refractivity contribution is 5.66. The summed E-state index contributed by atoms with van der Waals surface area (Å²) < 4.78 is 15.8. The first-order valence-corrected chi connectivity index (χ1v) is 5.61. The Balaban J connectivity index is 2.36. The van der Waals surface area contributed by atoms with Gasteiger partial charge in [-0.2, -0.15) is 0 Å². The molecule has 0 aliphatic rings. The summed E-state index contributed by atoms with van der Waals surface area (Å²) in [6.45, 7) is 0. The van der Waals surface area contributed by atoms with Gasteiger partial charge in [0.1, 0.15) is 12.1 Å². The highest BCUT2D eigenvalue weighted by Crippen LogP contribution is 2.40. The van der Waals surface area contributed by atoms with Gasteiger partial charge in [-0.15, -0.1) is 0 Å². The lowest BCUT2D eigenvalue weighted by molar-refractivity contribution is 0.324. The average molecular weight is 261 g/mol. The Hall–Kier alpha value is -2.50. The lowest BCUT2D eigenvalue weighted by atomic mass is 10.2. The summed E-state index contributed by atoms with van der Waals surface area (Å²) >= 11 is 0. The molecule has 0 aliphatic carbocycles. The van der Waals surface area contributed by atoms with Crippen LogP contribution in [0, 0.1) is 0 Å². The first-order chi connectivity index (χ1) is 9.28. The predicted octanol–water partition coefficient (Wildman–Crippen LogP) is 2.25. The maximum atomic E-state index is 5.28. The third kappa shape index (κ3) is 2.85. The van der Waals surface area contributed by atoms with Gasteiger partial charge in [0.05, 0.1) is 21.3 Å². The zero-order chi connectivity index (χ0) is 13.7. The average Bonchev–Trinajstić information content (AvgIpc) is 2.47. The van der Waals surface area contributed by atoms with Crippen LogP contribution in [-0.4, -0.2) is 31.3 Å². The lowest BCUT2D eigenvalue weighted by Gasteiger charge is -2.14. The summed E-state index contributed by atoms with van der Waals surface area (Å²) in [7, 11) is 4.72. The number of methoxy groups -OCH3 is 3. The smallest absolute Gasteiger partial charge is 0.203 e. The number of benzene rings is 1. The standard InChI is InChI=1S/C13H15N3O3/c1-17-10-6-9(7-11(18-2)13(10)19-3)16-12-4-5-14-8-15-12/h4-8H,1-3H3,(H,14,15,16). The molecule has 0 radical (unpaired) electrons. The van der Waals surface area contributed by atoms with Gasteiger partial charge in [-0.3, -0.25) is 0 Å². The fourth-order valence-corrected chi connectivity index (χ4v) is 1.67. The van der Waals surface area contributed by atoms with Crippen molar-refractivity contribution < 1.29 is 14.2 Å². The van der Waals surface area contributed by atoms with Crippen molar-refractivity contribution in [2.24, 2.45) is 0 Å². The predicted molar refractivity (Wildman–Crippen MR) is 71.4 cm³/mol. The van der Waals surface area contributed by atoms with Gasteiger partial charge in [0, 0.05) is 24.0 Å². The van der Waals surface area contributed by atoms with Crippen LogP contribution in [0.25, 0.3) is 0 Å². The Kier molecular flexibility index (Phi) is 4.02. The Morgan fingerprint density at radius 2 is 1.68 bits per heavy atom. The number of rotatable bonds is 5. The van der Waals surface area contributed by atoms with E-state index in [0.717, 1.165) is 5.69 Å². The third-order valence-electron chi connectivity index (χ3n) is 2.52. The number of hydrogen-bond donors (Lipinski definition) is 1. The van der Waals surface area contributed by atoms with Crippen LogP contribution in [0.5, 0.6) is 17.2 Å². The molecule has 0 bridgehead atoms. The van der Waals surface area contributed by atoms with Crippen LogP contribution in [0.2, 0.25) is 0 Å². The van der Waals surface area contributed by atoms with E-state index < -0.39 is 0 Å². The molecule has 1 heterocycles. The SMILES string of the molecule is COc1cc(Nc2ccncn2)cc(OC)c1OC. The minimum Gasteiger partial charge on any atom is -0.493 e. The number of hydrogen-bond acceptors (Lipinski definition) is 6. The van der Waals surface area contributed by atoms with Crippen molar-refractivity contribution in [2.75, 3.05) is 26.6 Å². The molecule has 0 atom stereocenters. The van der Waals surface area contributed by atoms with E-state index in [0.29, 0.717) is 23.1 Å². The Morgan fingerprint density at radius 1 is 1.00 bits per heavy atom. The van der Waals surface area contributed by atoms with Crippen LogP contribution >= 0.6 is 0 Å². The van der Waals surface area contributed by atoms with Gasteiger partial charge in [-0.25, -0.2) is 9.97 Å². The molecular weight excluding hydrogens is 246 g/mol. The second kappa shape index (κ2) is 5.90. The zero-order valence-electron chi connectivity index (χ0n) is 11.0. The molecule has 0 saturated heterocycles. The van der Waals surface area contributed by atoms with E-state index in [-0.39, 0.29) is 0 Å². The van der Waals surface area contributed by atoms with E-state index in [4.69, 9.17) is 14.2 Å². The van der Waals surface area contributed by atoms with E-state index in [9.17, 15) is 0 Å². The molecule has 1 aromatic carbocycles. The summed E-state index contributed by atoms with van der Waals surface area (Å²) in [5.74, 6) is 2.40. The number of anilines is 2. The molecule has 0 fully saturated rings. The van der Waals surface area contributed by atoms with Crippen molar-refractivity contribution in [1.82, 2.24) is 9.97 Å². The maximum Gasteiger partial charge on any atom is 0.203 e. The summed E-state index contributed by atoms with van der Waals surface area (Å²) in [6.07, 6.45) is 3.13. The van der Waals surface area contributed by atoms with Crippen molar-refractivity contribution in [2.45, 2.75) is 0 Å². The highest BCUT2D eigenvalue weighted by atomic mass is 16.5. The fraction of sp³-hybridized carbons (Fsp3) is 0.231. The van der Waals surface area contributed by atoms with E-state index in [1.165, 1.54) is 6.33 Å². The number of ether oxygens (including phenoxy) is 3. The van der Waals surface area contributed by atoms with Crippen LogP contribution in [0.1, 0.15) is 0 Å². The summed E-state index contributed by atoms with van der Waals surface area (Å²) in [4.78, 5) is 7.95. The quantitative estimate of drug-likeness (QED) is 0.890. The van der Waals surface area contributed by atoms with E-state index in [2.05, 4.69) is 15.3 Å². The molecule has 6 nitrogen and oxygen atoms in total. The molecule has 1 aromatic heterocycles. The molecule has 0 spiro atoms. The molecule has 100 valence electrons. The molecule has 0 aliphatic heterocycles. The van der Waals surface area contributed by atoms with Gasteiger partial charge in [0.15, 0.2) is 11.5 Å². The van der Waals surface area contributed by atoms with Gasteiger partial charge in [-0.05, 0) is 6.07 Å². The van der Waals surface area contributed by atoms with Gasteiger partial charge >= 0.3 is 0 Å². The van der Waals surface area contributed by atoms with Crippen molar-refractivity contribution in [1.29, 1.82) is 0 Å². The maximum absolute atomic E-state index is 5.28. The molecule has 0 amide bonds. The molecule has 2 aromatic rings. The fourth-order valence-electron chi connectivity index (χ4n) is 1.67. The minimum absolute atomic E-state index is 0.554. The molecule has 2 rings (SSSR count). The minimum atomic E-state index is 0.554. The first kappa shape index (κ1) is 12.9. The van der Waals surface area contributed by atoms with Gasteiger partial charge in [0.2, 0.25) is 5.75 Å². The molecule has 0 unspecified atom stereocenters. The van der Waals surface area contributed by atoms with Crippen molar-refractivity contribution in [3.63, 3.8) is 0 Å². The zero-order valence-corrected chi connectivity index (χ0v) is 11.0. The first-order valence-electron chi connectivity index (χ1n) is 5.61. The van der Waals surface area contributed by atoms with Crippen molar-refractivity contribution in [3.8, 4) is 17.2 Å². The summed E-state index contributed by atoms with van der Waals surface area (Å²) in [5.41, 5.74) is 0.785. The highest BCUT2D eigenvalue weighted by Gasteiger charge is 2.13. The largest absolute Gasteiger partial charge is 0.493 e. The Bertz CT molecular complexity index is 521. The van der Waals surface area contributed by atoms with Crippen LogP contribution in [0.15, 0.2) is 30.7 Å². The summed E-state index contributed by atoms with van der Waals surface area (Å²) in [6, 6.07) is 5.39. The lowest BCUT2D eigenvalue weighted by Crippen LogP contribution is -1.98. The van der Waals surface area contributed by atoms with Gasteiger partial charge in [-0.1, -0.05) is 0 Å². The van der Waals surface area contributed by atoms with Crippen molar-refractivity contribution in [3.05, 3.63) is 30.7 Å². The topological polar surface area (TPSA) is 65.5 Å². The van der Waals surface area contributed by atoms with Crippen LogP contribution in [0.3, 0.4) is 0 Å². The Labute approximate surface area is 111 Å². The van der Waals surface area contributed by atoms with Gasteiger partial charge in [0.25, 0.3) is 0 Å². The van der Waals surface area contributed by atoms with E-state index in [1.807, 2.05) is 12.1 Å². The molecule has 6 heteroatoms. The van der Waals surface area contributed by atoms with Crippen molar-refractivity contribution >= 4 is 11.5 Å². The number of nitrogens with zero attached hydrogens (tertiary/aromatic N) is 2. The molecule has 1 N–H and O–H groups in total. The third-order valence-corrected chi connectivity index (χ3v) is 2.52. The van der Waals surface area contributed by atoms with Crippen LogP contribution in [-0.2, 0) is 0 Å². The van der Waals surface area contributed by atoms with E-state index in [1.54, 1.807) is 33.6 Å².